The summed E-state index contributed by atoms with van der Waals surface area (Å²) in [5.74, 6) is 0.785. The molecule has 166 valence electrons. The number of pyridine rings is 1. The normalized spacial score (nSPS) is 17.2. The molecular weight excluding hydrogens is 426 g/mol. The summed E-state index contributed by atoms with van der Waals surface area (Å²) < 4.78 is 6.54. The molecule has 7 heteroatoms. The van der Waals surface area contributed by atoms with Crippen LogP contribution in [0.2, 0.25) is 5.02 Å². The number of benzene rings is 2. The van der Waals surface area contributed by atoms with Crippen LogP contribution in [-0.4, -0.2) is 41.7 Å². The van der Waals surface area contributed by atoms with Gasteiger partial charge in [-0.05, 0) is 60.2 Å². The average Bonchev–Trinajstić information content (AvgIpc) is 2.81. The lowest BCUT2D eigenvalue weighted by Crippen LogP contribution is -2.53. The standard InChI is InChI=1S/C25H26ClN3O3/c1-16-20(6-5-17-4-3-11-27-22(16)17)19-14-18-7-8-25(32-23(18)21(26)15-19)9-12-29(13-10-25)24(30)28-31-2/h3-6,11,14-15H,7-10,12-13H2,1-2H3,(H,28,30). The third-order valence-electron chi connectivity index (χ3n) is 6.78. The molecule has 5 rings (SSSR count). The van der Waals surface area contributed by atoms with E-state index in [1.165, 1.54) is 7.11 Å². The van der Waals surface area contributed by atoms with Gasteiger partial charge in [-0.2, -0.15) is 0 Å². The molecule has 1 saturated heterocycles. The number of rotatable bonds is 2. The van der Waals surface area contributed by atoms with Crippen LogP contribution in [0.1, 0.15) is 30.4 Å². The minimum atomic E-state index is -0.273. The van der Waals surface area contributed by atoms with Crippen molar-refractivity contribution in [1.82, 2.24) is 15.4 Å². The van der Waals surface area contributed by atoms with E-state index in [1.807, 2.05) is 18.3 Å². The van der Waals surface area contributed by atoms with E-state index in [9.17, 15) is 4.79 Å². The fourth-order valence-electron chi connectivity index (χ4n) is 4.96. The van der Waals surface area contributed by atoms with Gasteiger partial charge in [0.15, 0.2) is 0 Å². The van der Waals surface area contributed by atoms with E-state index in [0.717, 1.165) is 64.6 Å². The summed E-state index contributed by atoms with van der Waals surface area (Å²) in [6.07, 6.45) is 5.19. The second kappa shape index (κ2) is 8.26. The molecule has 2 aromatic carbocycles. The van der Waals surface area contributed by atoms with Crippen LogP contribution in [0.4, 0.5) is 4.79 Å². The van der Waals surface area contributed by atoms with Gasteiger partial charge < -0.3 is 9.64 Å². The molecule has 3 heterocycles. The van der Waals surface area contributed by atoms with E-state index in [2.05, 4.69) is 41.7 Å². The van der Waals surface area contributed by atoms with Gasteiger partial charge in [-0.15, -0.1) is 0 Å². The molecule has 2 aliphatic rings. The number of piperidine rings is 1. The van der Waals surface area contributed by atoms with Crippen LogP contribution in [-0.2, 0) is 11.3 Å². The number of hydrogen-bond acceptors (Lipinski definition) is 4. The number of nitrogens with one attached hydrogen (secondary N) is 1. The van der Waals surface area contributed by atoms with Crippen molar-refractivity contribution in [2.24, 2.45) is 0 Å². The number of nitrogens with zero attached hydrogens (tertiary/aromatic N) is 2. The predicted octanol–water partition coefficient (Wildman–Crippen LogP) is 5.29. The van der Waals surface area contributed by atoms with Crippen molar-refractivity contribution < 1.29 is 14.4 Å². The van der Waals surface area contributed by atoms with Gasteiger partial charge in [0.05, 0.1) is 17.6 Å². The third kappa shape index (κ3) is 3.67. The summed E-state index contributed by atoms with van der Waals surface area (Å²) in [6.45, 7) is 3.37. The molecule has 1 fully saturated rings. The second-order valence-electron chi connectivity index (χ2n) is 8.64. The van der Waals surface area contributed by atoms with E-state index in [0.29, 0.717) is 18.1 Å². The Labute approximate surface area is 192 Å². The molecule has 0 saturated carbocycles. The van der Waals surface area contributed by atoms with E-state index in [-0.39, 0.29) is 11.6 Å². The fraction of sp³-hybridized carbons (Fsp3) is 0.360. The highest BCUT2D eigenvalue weighted by molar-refractivity contribution is 6.32. The number of carbonyl (C=O) groups is 1. The second-order valence-corrected chi connectivity index (χ2v) is 9.05. The third-order valence-corrected chi connectivity index (χ3v) is 7.06. The van der Waals surface area contributed by atoms with Gasteiger partial charge >= 0.3 is 6.03 Å². The highest BCUT2D eigenvalue weighted by atomic mass is 35.5. The van der Waals surface area contributed by atoms with Gasteiger partial charge in [-0.1, -0.05) is 29.8 Å². The molecule has 0 atom stereocenters. The van der Waals surface area contributed by atoms with E-state index in [1.54, 1.807) is 4.90 Å². The summed E-state index contributed by atoms with van der Waals surface area (Å²) in [5.41, 5.74) is 7.64. The maximum Gasteiger partial charge on any atom is 0.341 e. The zero-order valence-electron chi connectivity index (χ0n) is 18.3. The summed E-state index contributed by atoms with van der Waals surface area (Å²) in [6, 6.07) is 12.3. The molecule has 3 aromatic rings. The summed E-state index contributed by atoms with van der Waals surface area (Å²) in [7, 11) is 1.44. The minimum absolute atomic E-state index is 0.207. The molecule has 6 nitrogen and oxygen atoms in total. The average molecular weight is 452 g/mol. The van der Waals surface area contributed by atoms with Crippen LogP contribution in [0.25, 0.3) is 22.0 Å². The number of hydrogen-bond donors (Lipinski definition) is 1. The van der Waals surface area contributed by atoms with Gasteiger partial charge in [0.25, 0.3) is 0 Å². The minimum Gasteiger partial charge on any atom is -0.485 e. The molecule has 1 aromatic heterocycles. The lowest BCUT2D eigenvalue weighted by Gasteiger charge is -2.44. The Hall–Kier alpha value is -2.83. The van der Waals surface area contributed by atoms with Crippen LogP contribution in [0.5, 0.6) is 5.75 Å². The van der Waals surface area contributed by atoms with Crippen molar-refractivity contribution in [2.75, 3.05) is 20.2 Å². The number of hydroxylamine groups is 1. The summed E-state index contributed by atoms with van der Waals surface area (Å²) >= 11 is 6.76. The number of aromatic nitrogens is 1. The molecule has 0 unspecified atom stereocenters. The number of aryl methyl sites for hydroxylation is 2. The first-order chi connectivity index (χ1) is 15.5. The van der Waals surface area contributed by atoms with Gasteiger partial charge in [0, 0.05) is 37.5 Å². The summed E-state index contributed by atoms with van der Waals surface area (Å²) in [4.78, 5) is 23.1. The molecular formula is C25H26ClN3O3. The quantitative estimate of drug-likeness (QED) is 0.537. The summed E-state index contributed by atoms with van der Waals surface area (Å²) in [5, 5.41) is 1.77. The Bertz CT molecular complexity index is 1190. The lowest BCUT2D eigenvalue weighted by atomic mass is 9.82. The fourth-order valence-corrected chi connectivity index (χ4v) is 5.24. The van der Waals surface area contributed by atoms with Crippen LogP contribution < -0.4 is 10.2 Å². The Kier molecular flexibility index (Phi) is 5.43. The molecule has 0 aliphatic carbocycles. The van der Waals surface area contributed by atoms with Gasteiger partial charge in [0.1, 0.15) is 11.4 Å². The first kappa shape index (κ1) is 21.0. The molecule has 1 N–H and O–H groups in total. The smallest absolute Gasteiger partial charge is 0.341 e. The highest BCUT2D eigenvalue weighted by Gasteiger charge is 2.41. The molecule has 2 amide bonds. The first-order valence-electron chi connectivity index (χ1n) is 10.9. The Morgan fingerprint density at radius 1 is 1.22 bits per heavy atom. The zero-order chi connectivity index (χ0) is 22.3. The van der Waals surface area contributed by atoms with Gasteiger partial charge in [-0.3, -0.25) is 9.82 Å². The van der Waals surface area contributed by atoms with E-state index >= 15 is 0 Å². The first-order valence-corrected chi connectivity index (χ1v) is 11.3. The van der Waals surface area contributed by atoms with E-state index in [4.69, 9.17) is 21.2 Å². The van der Waals surface area contributed by atoms with Crippen molar-refractivity contribution in [3.63, 3.8) is 0 Å². The number of ether oxygens (including phenoxy) is 1. The maximum atomic E-state index is 12.0. The van der Waals surface area contributed by atoms with Crippen molar-refractivity contribution in [1.29, 1.82) is 0 Å². The molecule has 0 radical (unpaired) electrons. The number of urea groups is 1. The Morgan fingerprint density at radius 3 is 2.81 bits per heavy atom. The SMILES string of the molecule is CONC(=O)N1CCC2(CCc3cc(-c4ccc5cccnc5c4C)cc(Cl)c3O2)CC1. The molecule has 32 heavy (non-hydrogen) atoms. The molecule has 1 spiro atoms. The van der Waals surface area contributed by atoms with Crippen LogP contribution in [0.15, 0.2) is 42.6 Å². The van der Waals surface area contributed by atoms with Gasteiger partial charge in [-0.25, -0.2) is 10.3 Å². The molecule has 2 aliphatic heterocycles. The van der Waals surface area contributed by atoms with Crippen molar-refractivity contribution in [2.45, 2.75) is 38.2 Å². The topological polar surface area (TPSA) is 63.7 Å². The predicted molar refractivity (Wildman–Crippen MR) is 125 cm³/mol. The number of likely N-dealkylation sites (tertiary alicyclic amines) is 1. The van der Waals surface area contributed by atoms with Crippen molar-refractivity contribution in [3.05, 3.63) is 58.7 Å². The highest BCUT2D eigenvalue weighted by Crippen LogP contribution is 2.45. The van der Waals surface area contributed by atoms with Crippen molar-refractivity contribution in [3.8, 4) is 16.9 Å². The zero-order valence-corrected chi connectivity index (χ0v) is 19.0. The van der Waals surface area contributed by atoms with E-state index < -0.39 is 0 Å². The monoisotopic (exact) mass is 451 g/mol. The van der Waals surface area contributed by atoms with Gasteiger partial charge in [0.2, 0.25) is 0 Å². The van der Waals surface area contributed by atoms with Crippen LogP contribution >= 0.6 is 11.6 Å². The number of fused-ring (bicyclic) bond motifs is 2. The number of halogens is 1. The Morgan fingerprint density at radius 2 is 2.03 bits per heavy atom. The lowest BCUT2D eigenvalue weighted by molar-refractivity contribution is -0.0106. The largest absolute Gasteiger partial charge is 0.485 e. The number of carbonyl (C=O) groups excluding carboxylic acids is 1. The maximum absolute atomic E-state index is 12.0. The van der Waals surface area contributed by atoms with Crippen molar-refractivity contribution >= 4 is 28.5 Å². The van der Waals surface area contributed by atoms with Crippen LogP contribution in [0.3, 0.4) is 0 Å². The Balaban J connectivity index is 1.41. The molecule has 0 bridgehead atoms. The number of amides is 2. The van der Waals surface area contributed by atoms with Crippen LogP contribution in [0, 0.1) is 6.92 Å².